The standard InChI is InChI=1S/C16H23FO2/c1-6-7-12-9-13(17)8-11(2)14(12)10-15(18)19-16(3,4)5/h8-9H,6-7,10H2,1-5H3. The summed E-state index contributed by atoms with van der Waals surface area (Å²) in [5.74, 6) is -0.506. The molecule has 1 aromatic rings. The molecule has 106 valence electrons. The van der Waals surface area contributed by atoms with Crippen LogP contribution in [0.3, 0.4) is 0 Å². The number of rotatable bonds is 4. The van der Waals surface area contributed by atoms with Crippen LogP contribution in [-0.2, 0) is 22.4 Å². The summed E-state index contributed by atoms with van der Waals surface area (Å²) in [6.07, 6.45) is 1.90. The Labute approximate surface area is 115 Å². The zero-order chi connectivity index (χ0) is 14.6. The topological polar surface area (TPSA) is 26.3 Å². The quantitative estimate of drug-likeness (QED) is 0.771. The summed E-state index contributed by atoms with van der Waals surface area (Å²) in [5.41, 5.74) is 2.13. The summed E-state index contributed by atoms with van der Waals surface area (Å²) in [4.78, 5) is 11.9. The number of halogens is 1. The van der Waals surface area contributed by atoms with Crippen molar-refractivity contribution in [1.82, 2.24) is 0 Å². The van der Waals surface area contributed by atoms with Gasteiger partial charge < -0.3 is 4.74 Å². The lowest BCUT2D eigenvalue weighted by Gasteiger charge is -2.20. The van der Waals surface area contributed by atoms with Gasteiger partial charge in [-0.2, -0.15) is 0 Å². The Balaban J connectivity index is 2.96. The Morgan fingerprint density at radius 3 is 2.47 bits per heavy atom. The predicted molar refractivity (Wildman–Crippen MR) is 74.7 cm³/mol. The van der Waals surface area contributed by atoms with Crippen molar-refractivity contribution in [1.29, 1.82) is 0 Å². The van der Waals surface area contributed by atoms with Crippen molar-refractivity contribution in [2.75, 3.05) is 0 Å². The van der Waals surface area contributed by atoms with Gasteiger partial charge in [-0.3, -0.25) is 4.79 Å². The molecule has 0 amide bonds. The van der Waals surface area contributed by atoms with Gasteiger partial charge in [0.15, 0.2) is 0 Å². The molecule has 0 aliphatic rings. The van der Waals surface area contributed by atoms with Gasteiger partial charge in [-0.25, -0.2) is 4.39 Å². The van der Waals surface area contributed by atoms with Gasteiger partial charge in [-0.15, -0.1) is 0 Å². The third kappa shape index (κ3) is 5.01. The summed E-state index contributed by atoms with van der Waals surface area (Å²) in [5, 5.41) is 0. The second-order valence-corrected chi connectivity index (χ2v) is 5.87. The third-order valence-electron chi connectivity index (χ3n) is 2.79. The van der Waals surface area contributed by atoms with Gasteiger partial charge >= 0.3 is 5.97 Å². The maximum Gasteiger partial charge on any atom is 0.310 e. The smallest absolute Gasteiger partial charge is 0.310 e. The molecule has 0 fully saturated rings. The first-order valence-electron chi connectivity index (χ1n) is 6.72. The Kier molecular flexibility index (Phi) is 5.10. The highest BCUT2D eigenvalue weighted by atomic mass is 19.1. The van der Waals surface area contributed by atoms with Crippen LogP contribution in [0.5, 0.6) is 0 Å². The fourth-order valence-electron chi connectivity index (χ4n) is 2.11. The highest BCUT2D eigenvalue weighted by molar-refractivity contribution is 5.74. The monoisotopic (exact) mass is 266 g/mol. The van der Waals surface area contributed by atoms with E-state index in [1.165, 1.54) is 12.1 Å². The van der Waals surface area contributed by atoms with Gasteiger partial charge in [-0.05, 0) is 62.9 Å². The molecule has 0 unspecified atom stereocenters. The van der Waals surface area contributed by atoms with Crippen molar-refractivity contribution in [2.45, 2.75) is 59.5 Å². The number of aryl methyl sites for hydroxylation is 2. The first-order chi connectivity index (χ1) is 8.73. The van der Waals surface area contributed by atoms with Crippen LogP contribution in [0.1, 0.15) is 50.8 Å². The maximum atomic E-state index is 13.4. The normalized spacial score (nSPS) is 11.5. The first-order valence-corrected chi connectivity index (χ1v) is 6.72. The Morgan fingerprint density at radius 1 is 1.32 bits per heavy atom. The van der Waals surface area contributed by atoms with Crippen molar-refractivity contribution in [3.05, 3.63) is 34.6 Å². The van der Waals surface area contributed by atoms with E-state index in [1.807, 2.05) is 34.6 Å². The van der Waals surface area contributed by atoms with Crippen LogP contribution < -0.4 is 0 Å². The number of carbonyl (C=O) groups is 1. The van der Waals surface area contributed by atoms with Crippen molar-refractivity contribution >= 4 is 5.97 Å². The SMILES string of the molecule is CCCc1cc(F)cc(C)c1CC(=O)OC(C)(C)C. The molecule has 0 atom stereocenters. The summed E-state index contributed by atoms with van der Waals surface area (Å²) < 4.78 is 18.8. The van der Waals surface area contributed by atoms with Crippen LogP contribution in [0.25, 0.3) is 0 Å². The third-order valence-corrected chi connectivity index (χ3v) is 2.79. The summed E-state index contributed by atoms with van der Waals surface area (Å²) in [7, 11) is 0. The van der Waals surface area contributed by atoms with Crippen LogP contribution in [0.15, 0.2) is 12.1 Å². The van der Waals surface area contributed by atoms with Crippen LogP contribution in [0.2, 0.25) is 0 Å². The Hall–Kier alpha value is -1.38. The molecule has 0 bridgehead atoms. The average Bonchev–Trinajstić information content (AvgIpc) is 2.21. The van der Waals surface area contributed by atoms with Crippen LogP contribution in [0.4, 0.5) is 4.39 Å². The van der Waals surface area contributed by atoms with Gasteiger partial charge in [0.2, 0.25) is 0 Å². The Bertz CT molecular complexity index is 459. The number of hydrogen-bond donors (Lipinski definition) is 0. The average molecular weight is 266 g/mol. The maximum absolute atomic E-state index is 13.4. The van der Waals surface area contributed by atoms with Crippen molar-refractivity contribution in [3.8, 4) is 0 Å². The van der Waals surface area contributed by atoms with Crippen molar-refractivity contribution in [2.24, 2.45) is 0 Å². The molecule has 0 spiro atoms. The molecule has 0 aliphatic heterocycles. The lowest BCUT2D eigenvalue weighted by atomic mass is 9.96. The minimum Gasteiger partial charge on any atom is -0.460 e. The van der Waals surface area contributed by atoms with Gasteiger partial charge in [0, 0.05) is 0 Å². The van der Waals surface area contributed by atoms with E-state index >= 15 is 0 Å². The molecule has 0 saturated carbocycles. The number of ether oxygens (including phenoxy) is 1. The lowest BCUT2D eigenvalue weighted by molar-refractivity contribution is -0.153. The van der Waals surface area contributed by atoms with Crippen molar-refractivity contribution < 1.29 is 13.9 Å². The molecule has 0 radical (unpaired) electrons. The highest BCUT2D eigenvalue weighted by Gasteiger charge is 2.19. The van der Waals surface area contributed by atoms with Gasteiger partial charge in [-0.1, -0.05) is 13.3 Å². The minimum absolute atomic E-state index is 0.207. The second-order valence-electron chi connectivity index (χ2n) is 5.87. The molecule has 0 aromatic heterocycles. The molecule has 2 nitrogen and oxygen atoms in total. The highest BCUT2D eigenvalue weighted by Crippen LogP contribution is 2.20. The molecular formula is C16H23FO2. The molecule has 19 heavy (non-hydrogen) atoms. The van der Waals surface area contributed by atoms with E-state index < -0.39 is 5.60 Å². The number of benzene rings is 1. The molecule has 0 heterocycles. The van der Waals surface area contributed by atoms with E-state index in [0.717, 1.165) is 29.5 Å². The minimum atomic E-state index is -0.490. The molecule has 1 aromatic carbocycles. The van der Waals surface area contributed by atoms with Crippen LogP contribution >= 0.6 is 0 Å². The molecule has 0 aliphatic carbocycles. The molecule has 0 saturated heterocycles. The first kappa shape index (κ1) is 15.7. The van der Waals surface area contributed by atoms with Crippen LogP contribution in [-0.4, -0.2) is 11.6 Å². The molecular weight excluding hydrogens is 243 g/mol. The Morgan fingerprint density at radius 2 is 1.95 bits per heavy atom. The summed E-state index contributed by atoms with van der Waals surface area (Å²) in [6, 6.07) is 3.00. The number of hydrogen-bond acceptors (Lipinski definition) is 2. The van der Waals surface area contributed by atoms with Gasteiger partial charge in [0.25, 0.3) is 0 Å². The molecule has 1 rings (SSSR count). The van der Waals surface area contributed by atoms with E-state index in [4.69, 9.17) is 4.74 Å². The van der Waals surface area contributed by atoms with Crippen LogP contribution in [0, 0.1) is 12.7 Å². The summed E-state index contributed by atoms with van der Waals surface area (Å²) >= 11 is 0. The van der Waals surface area contributed by atoms with Gasteiger partial charge in [0.1, 0.15) is 11.4 Å². The van der Waals surface area contributed by atoms with Gasteiger partial charge in [0.05, 0.1) is 6.42 Å². The number of carbonyl (C=O) groups excluding carboxylic acids is 1. The van der Waals surface area contributed by atoms with E-state index in [-0.39, 0.29) is 18.2 Å². The van der Waals surface area contributed by atoms with E-state index in [1.54, 1.807) is 0 Å². The predicted octanol–water partition coefficient (Wildman–Crippen LogP) is 3.97. The fraction of sp³-hybridized carbons (Fsp3) is 0.562. The largest absolute Gasteiger partial charge is 0.460 e. The summed E-state index contributed by atoms with van der Waals surface area (Å²) in [6.45, 7) is 9.40. The van der Waals surface area contributed by atoms with E-state index in [2.05, 4.69) is 0 Å². The molecule has 3 heteroatoms. The number of esters is 1. The molecule has 0 N–H and O–H groups in total. The van der Waals surface area contributed by atoms with Crippen molar-refractivity contribution in [3.63, 3.8) is 0 Å². The zero-order valence-corrected chi connectivity index (χ0v) is 12.5. The zero-order valence-electron chi connectivity index (χ0n) is 12.5. The van der Waals surface area contributed by atoms with E-state index in [9.17, 15) is 9.18 Å². The lowest BCUT2D eigenvalue weighted by Crippen LogP contribution is -2.25. The van der Waals surface area contributed by atoms with E-state index in [0.29, 0.717) is 0 Å². The fourth-order valence-corrected chi connectivity index (χ4v) is 2.11. The second kappa shape index (κ2) is 6.18.